The molecule has 0 saturated carbocycles. The molecule has 132 valence electrons. The fraction of sp³-hybridized carbons (Fsp3) is 0.421. The number of hydrogen-bond donors (Lipinski definition) is 1. The quantitative estimate of drug-likeness (QED) is 0.871. The minimum absolute atomic E-state index is 0.0561. The van der Waals surface area contributed by atoms with E-state index in [2.05, 4.69) is 20.4 Å². The summed E-state index contributed by atoms with van der Waals surface area (Å²) in [5.41, 5.74) is 2.09. The van der Waals surface area contributed by atoms with Gasteiger partial charge in [0.25, 0.3) is 0 Å². The Bertz CT molecular complexity index is 693. The van der Waals surface area contributed by atoms with Gasteiger partial charge in [-0.3, -0.25) is 4.79 Å². The Hall–Kier alpha value is -2.47. The Kier molecular flexibility index (Phi) is 5.95. The van der Waals surface area contributed by atoms with E-state index in [4.69, 9.17) is 4.74 Å². The SMILES string of the molecule is COCc1cccc(CC(=O)NC2CCCN(c3cccnn3)C2)c1. The van der Waals surface area contributed by atoms with Crippen molar-refractivity contribution in [3.05, 3.63) is 53.7 Å². The standard InChI is InChI=1S/C19H24N4O2/c1-25-14-16-6-2-5-15(11-16)12-19(24)21-17-7-4-10-23(13-17)18-8-3-9-20-22-18/h2-3,5-6,8-9,11,17H,4,7,10,12-14H2,1H3,(H,21,24). The minimum atomic E-state index is 0.0561. The molecule has 1 N–H and O–H groups in total. The van der Waals surface area contributed by atoms with Gasteiger partial charge in [0.05, 0.1) is 13.0 Å². The third-order valence-corrected chi connectivity index (χ3v) is 4.34. The molecule has 1 aromatic heterocycles. The maximum absolute atomic E-state index is 12.4. The zero-order valence-electron chi connectivity index (χ0n) is 14.5. The lowest BCUT2D eigenvalue weighted by atomic mass is 10.0. The second kappa shape index (κ2) is 8.58. The lowest BCUT2D eigenvalue weighted by Crippen LogP contribution is -2.48. The van der Waals surface area contributed by atoms with Crippen LogP contribution in [-0.4, -0.2) is 42.3 Å². The second-order valence-corrected chi connectivity index (χ2v) is 6.36. The van der Waals surface area contributed by atoms with Gasteiger partial charge >= 0.3 is 0 Å². The van der Waals surface area contributed by atoms with Crippen LogP contribution in [0, 0.1) is 0 Å². The molecule has 1 unspecified atom stereocenters. The van der Waals surface area contributed by atoms with Crippen molar-refractivity contribution in [3.63, 3.8) is 0 Å². The Balaban J connectivity index is 1.55. The van der Waals surface area contributed by atoms with Crippen molar-refractivity contribution in [3.8, 4) is 0 Å². The molecule has 0 aliphatic carbocycles. The van der Waals surface area contributed by atoms with Crippen LogP contribution in [0.3, 0.4) is 0 Å². The molecule has 1 aliphatic rings. The summed E-state index contributed by atoms with van der Waals surface area (Å²) in [4.78, 5) is 14.6. The van der Waals surface area contributed by atoms with E-state index in [1.165, 1.54) is 0 Å². The highest BCUT2D eigenvalue weighted by molar-refractivity contribution is 5.79. The molecule has 0 bridgehead atoms. The van der Waals surface area contributed by atoms with Crippen molar-refractivity contribution in [2.24, 2.45) is 0 Å². The number of carbonyl (C=O) groups excluding carboxylic acids is 1. The Morgan fingerprint density at radius 2 is 2.20 bits per heavy atom. The van der Waals surface area contributed by atoms with Crippen LogP contribution in [0.1, 0.15) is 24.0 Å². The van der Waals surface area contributed by atoms with Crippen molar-refractivity contribution in [2.75, 3.05) is 25.1 Å². The van der Waals surface area contributed by atoms with E-state index in [0.29, 0.717) is 13.0 Å². The molecule has 25 heavy (non-hydrogen) atoms. The van der Waals surface area contributed by atoms with Crippen LogP contribution in [-0.2, 0) is 22.6 Å². The summed E-state index contributed by atoms with van der Waals surface area (Å²) < 4.78 is 5.15. The topological polar surface area (TPSA) is 67.3 Å². The monoisotopic (exact) mass is 340 g/mol. The number of carbonyl (C=O) groups is 1. The number of hydrogen-bond acceptors (Lipinski definition) is 5. The van der Waals surface area contributed by atoms with E-state index in [1.54, 1.807) is 13.3 Å². The molecule has 1 atom stereocenters. The molecule has 1 saturated heterocycles. The summed E-state index contributed by atoms with van der Waals surface area (Å²) in [6.07, 6.45) is 4.08. The number of methoxy groups -OCH3 is 1. The van der Waals surface area contributed by atoms with Gasteiger partial charge in [0, 0.05) is 32.4 Å². The molecule has 1 aromatic carbocycles. The highest BCUT2D eigenvalue weighted by atomic mass is 16.5. The maximum Gasteiger partial charge on any atom is 0.224 e. The fourth-order valence-electron chi connectivity index (χ4n) is 3.23. The predicted octanol–water partition coefficient (Wildman–Crippen LogP) is 1.95. The van der Waals surface area contributed by atoms with Crippen LogP contribution >= 0.6 is 0 Å². The molecular formula is C19H24N4O2. The number of ether oxygens (including phenoxy) is 1. The fourth-order valence-corrected chi connectivity index (χ4v) is 3.23. The molecule has 0 spiro atoms. The average molecular weight is 340 g/mol. The van der Waals surface area contributed by atoms with E-state index < -0.39 is 0 Å². The average Bonchev–Trinajstić information content (AvgIpc) is 2.63. The number of aromatic nitrogens is 2. The van der Waals surface area contributed by atoms with Crippen LogP contribution in [0.15, 0.2) is 42.6 Å². The summed E-state index contributed by atoms with van der Waals surface area (Å²) in [5, 5.41) is 11.3. The smallest absolute Gasteiger partial charge is 0.224 e. The largest absolute Gasteiger partial charge is 0.380 e. The molecule has 2 heterocycles. The Morgan fingerprint density at radius 1 is 1.32 bits per heavy atom. The van der Waals surface area contributed by atoms with Gasteiger partial charge in [0.15, 0.2) is 5.82 Å². The highest BCUT2D eigenvalue weighted by Gasteiger charge is 2.22. The summed E-state index contributed by atoms with van der Waals surface area (Å²) in [5.74, 6) is 0.925. The number of anilines is 1. The van der Waals surface area contributed by atoms with E-state index in [0.717, 1.165) is 42.9 Å². The van der Waals surface area contributed by atoms with Crippen molar-refractivity contribution < 1.29 is 9.53 Å². The van der Waals surface area contributed by atoms with Crippen molar-refractivity contribution in [1.29, 1.82) is 0 Å². The number of nitrogens with zero attached hydrogens (tertiary/aromatic N) is 3. The first-order valence-electron chi connectivity index (χ1n) is 8.63. The minimum Gasteiger partial charge on any atom is -0.380 e. The molecule has 1 fully saturated rings. The Labute approximate surface area is 148 Å². The lowest BCUT2D eigenvalue weighted by molar-refractivity contribution is -0.121. The van der Waals surface area contributed by atoms with Crippen molar-refractivity contribution in [1.82, 2.24) is 15.5 Å². The molecule has 6 heteroatoms. The number of nitrogens with one attached hydrogen (secondary N) is 1. The van der Waals surface area contributed by atoms with Crippen LogP contribution in [0.25, 0.3) is 0 Å². The first kappa shape index (κ1) is 17.4. The zero-order valence-corrected chi connectivity index (χ0v) is 14.5. The molecular weight excluding hydrogens is 316 g/mol. The lowest BCUT2D eigenvalue weighted by Gasteiger charge is -2.33. The zero-order chi connectivity index (χ0) is 17.5. The summed E-state index contributed by atoms with van der Waals surface area (Å²) in [6, 6.07) is 12.0. The van der Waals surface area contributed by atoms with Gasteiger partial charge in [-0.25, -0.2) is 0 Å². The van der Waals surface area contributed by atoms with E-state index in [-0.39, 0.29) is 11.9 Å². The normalized spacial score (nSPS) is 17.3. The van der Waals surface area contributed by atoms with Crippen LogP contribution in [0.5, 0.6) is 0 Å². The molecule has 2 aromatic rings. The van der Waals surface area contributed by atoms with Crippen molar-refractivity contribution >= 4 is 11.7 Å². The van der Waals surface area contributed by atoms with Gasteiger partial charge in [-0.15, -0.1) is 5.10 Å². The second-order valence-electron chi connectivity index (χ2n) is 6.36. The van der Waals surface area contributed by atoms with E-state index in [9.17, 15) is 4.79 Å². The first-order valence-corrected chi connectivity index (χ1v) is 8.63. The number of amides is 1. The number of rotatable bonds is 6. The molecule has 6 nitrogen and oxygen atoms in total. The predicted molar refractivity (Wildman–Crippen MR) is 96.3 cm³/mol. The van der Waals surface area contributed by atoms with Crippen LogP contribution < -0.4 is 10.2 Å². The summed E-state index contributed by atoms with van der Waals surface area (Å²) in [6.45, 7) is 2.28. The van der Waals surface area contributed by atoms with E-state index in [1.807, 2.05) is 36.4 Å². The molecule has 3 rings (SSSR count). The molecule has 1 amide bonds. The molecule has 1 aliphatic heterocycles. The number of benzene rings is 1. The van der Waals surface area contributed by atoms with Gasteiger partial charge in [-0.2, -0.15) is 5.10 Å². The maximum atomic E-state index is 12.4. The van der Waals surface area contributed by atoms with E-state index >= 15 is 0 Å². The summed E-state index contributed by atoms with van der Waals surface area (Å²) in [7, 11) is 1.67. The third kappa shape index (κ3) is 5.00. The number of piperidine rings is 1. The van der Waals surface area contributed by atoms with Gasteiger partial charge in [-0.1, -0.05) is 24.3 Å². The third-order valence-electron chi connectivity index (χ3n) is 4.34. The van der Waals surface area contributed by atoms with Crippen LogP contribution in [0.4, 0.5) is 5.82 Å². The van der Waals surface area contributed by atoms with Gasteiger partial charge in [0.1, 0.15) is 0 Å². The first-order chi connectivity index (χ1) is 12.2. The Morgan fingerprint density at radius 3 is 3.00 bits per heavy atom. The van der Waals surface area contributed by atoms with Crippen LogP contribution in [0.2, 0.25) is 0 Å². The van der Waals surface area contributed by atoms with Gasteiger partial charge < -0.3 is 15.0 Å². The van der Waals surface area contributed by atoms with Gasteiger partial charge in [-0.05, 0) is 36.1 Å². The van der Waals surface area contributed by atoms with Gasteiger partial charge in [0.2, 0.25) is 5.91 Å². The summed E-state index contributed by atoms with van der Waals surface area (Å²) >= 11 is 0. The van der Waals surface area contributed by atoms with Crippen molar-refractivity contribution in [2.45, 2.75) is 31.9 Å². The molecule has 0 radical (unpaired) electrons. The highest BCUT2D eigenvalue weighted by Crippen LogP contribution is 2.17.